The highest BCUT2D eigenvalue weighted by atomic mass is 16.4. The fourth-order valence-electron chi connectivity index (χ4n) is 4.71. The van der Waals surface area contributed by atoms with Gasteiger partial charge in [-0.3, -0.25) is 19.2 Å². The van der Waals surface area contributed by atoms with Crippen LogP contribution in [0.3, 0.4) is 0 Å². The molecule has 0 spiro atoms. The molecule has 3 aromatic rings. The van der Waals surface area contributed by atoms with Crippen LogP contribution in [0.5, 0.6) is 0 Å². The van der Waals surface area contributed by atoms with Crippen molar-refractivity contribution in [3.8, 4) is 22.3 Å². The molecule has 0 aromatic heterocycles. The lowest BCUT2D eigenvalue weighted by molar-refractivity contribution is -0.138. The van der Waals surface area contributed by atoms with E-state index < -0.39 is 23.8 Å². The van der Waals surface area contributed by atoms with Gasteiger partial charge in [0.2, 0.25) is 11.8 Å². The van der Waals surface area contributed by atoms with E-state index in [1.54, 1.807) is 0 Å². The molecule has 0 aliphatic carbocycles. The summed E-state index contributed by atoms with van der Waals surface area (Å²) in [5.74, 6) is -3.27. The van der Waals surface area contributed by atoms with E-state index in [0.717, 1.165) is 22.3 Å². The second-order valence-electron chi connectivity index (χ2n) is 10.2. The van der Waals surface area contributed by atoms with Crippen molar-refractivity contribution in [2.45, 2.75) is 57.4 Å². The van der Waals surface area contributed by atoms with Crippen LogP contribution in [0.25, 0.3) is 22.3 Å². The molecule has 6 N–H and O–H groups in total. The average molecular weight is 558 g/mol. The van der Waals surface area contributed by atoms with Crippen molar-refractivity contribution in [1.82, 2.24) is 5.32 Å². The lowest BCUT2D eigenvalue weighted by atomic mass is 9.91. The molecule has 8 nitrogen and oxygen atoms in total. The van der Waals surface area contributed by atoms with E-state index >= 15 is 0 Å². The Hall–Kier alpha value is -4.30. The first-order valence-corrected chi connectivity index (χ1v) is 14.0. The molecule has 8 heteroatoms. The number of ketones is 1. The number of aryl methyl sites for hydroxylation is 1. The summed E-state index contributed by atoms with van der Waals surface area (Å²) >= 11 is 0. The van der Waals surface area contributed by atoms with Crippen LogP contribution >= 0.6 is 0 Å². The van der Waals surface area contributed by atoms with Gasteiger partial charge in [-0.1, -0.05) is 78.9 Å². The molecular weight excluding hydrogens is 518 g/mol. The third kappa shape index (κ3) is 10.3. The molecule has 2 amide bonds. The first-order chi connectivity index (χ1) is 19.8. The highest BCUT2D eigenvalue weighted by molar-refractivity contribution is 5.92. The number of carbonyl (C=O) groups excluding carboxylic acids is 3. The Morgan fingerprint density at radius 1 is 0.732 bits per heavy atom. The normalized spacial score (nSPS) is 12.3. The SMILES string of the molecule is NCCCC[C@H](NC(=O)CCc1ccc(-c2ccc(-c3ccccc3)cc2)cc1)C(=O)C[C@@H](CCC(=O)O)C(N)=O. The second kappa shape index (κ2) is 16.1. The summed E-state index contributed by atoms with van der Waals surface area (Å²) in [5.41, 5.74) is 16.5. The minimum atomic E-state index is -1.06. The number of aliphatic carboxylic acids is 1. The molecule has 3 rings (SSSR count). The highest BCUT2D eigenvalue weighted by Crippen LogP contribution is 2.25. The fraction of sp³-hybridized carbons (Fsp3) is 0.333. The van der Waals surface area contributed by atoms with Crippen molar-refractivity contribution in [3.05, 3.63) is 84.4 Å². The van der Waals surface area contributed by atoms with Gasteiger partial charge in [0.25, 0.3) is 0 Å². The van der Waals surface area contributed by atoms with Crippen molar-refractivity contribution >= 4 is 23.6 Å². The summed E-state index contributed by atoms with van der Waals surface area (Å²) in [6, 6.07) is 25.9. The van der Waals surface area contributed by atoms with E-state index in [0.29, 0.717) is 32.2 Å². The van der Waals surface area contributed by atoms with E-state index in [9.17, 15) is 19.2 Å². The molecule has 0 saturated heterocycles. The molecule has 0 saturated carbocycles. The number of rotatable bonds is 17. The molecule has 0 radical (unpaired) electrons. The minimum absolute atomic E-state index is 0.0208. The van der Waals surface area contributed by atoms with Crippen molar-refractivity contribution in [1.29, 1.82) is 0 Å². The molecule has 0 aliphatic heterocycles. The van der Waals surface area contributed by atoms with Gasteiger partial charge in [0.1, 0.15) is 0 Å². The predicted octanol–water partition coefficient (Wildman–Crippen LogP) is 4.49. The third-order valence-electron chi connectivity index (χ3n) is 7.15. The Bertz CT molecular complexity index is 1290. The van der Waals surface area contributed by atoms with Crippen LogP contribution in [-0.4, -0.2) is 41.3 Å². The van der Waals surface area contributed by atoms with Crippen LogP contribution in [0, 0.1) is 5.92 Å². The van der Waals surface area contributed by atoms with E-state index in [1.165, 1.54) is 5.56 Å². The zero-order valence-corrected chi connectivity index (χ0v) is 23.3. The lowest BCUT2D eigenvalue weighted by Crippen LogP contribution is -2.42. The third-order valence-corrected chi connectivity index (χ3v) is 7.15. The van der Waals surface area contributed by atoms with Gasteiger partial charge in [-0.2, -0.15) is 0 Å². The molecule has 0 heterocycles. The molecule has 216 valence electrons. The number of carboxylic acid groups (broad SMARTS) is 1. The maximum atomic E-state index is 13.0. The Morgan fingerprint density at radius 2 is 1.29 bits per heavy atom. The molecule has 3 aromatic carbocycles. The smallest absolute Gasteiger partial charge is 0.303 e. The van der Waals surface area contributed by atoms with Crippen LogP contribution < -0.4 is 16.8 Å². The van der Waals surface area contributed by atoms with E-state index in [1.807, 2.05) is 42.5 Å². The number of unbranched alkanes of at least 4 members (excludes halogenated alkanes) is 1. The van der Waals surface area contributed by atoms with Gasteiger partial charge < -0.3 is 21.9 Å². The number of Topliss-reactive ketones (excluding diaryl/α,β-unsaturated/α-hetero) is 1. The first-order valence-electron chi connectivity index (χ1n) is 14.0. The Balaban J connectivity index is 1.56. The second-order valence-corrected chi connectivity index (χ2v) is 10.2. The zero-order valence-electron chi connectivity index (χ0n) is 23.3. The molecule has 0 aliphatic rings. The summed E-state index contributed by atoms with van der Waals surface area (Å²) in [6.07, 6.45) is 1.94. The van der Waals surface area contributed by atoms with Crippen molar-refractivity contribution in [2.24, 2.45) is 17.4 Å². The Morgan fingerprint density at radius 3 is 1.83 bits per heavy atom. The summed E-state index contributed by atoms with van der Waals surface area (Å²) in [4.78, 5) is 48.4. The monoisotopic (exact) mass is 557 g/mol. The number of benzene rings is 3. The van der Waals surface area contributed by atoms with E-state index in [-0.39, 0.29) is 37.4 Å². The van der Waals surface area contributed by atoms with Gasteiger partial charge >= 0.3 is 5.97 Å². The summed E-state index contributed by atoms with van der Waals surface area (Å²) in [7, 11) is 0. The molecule has 0 bridgehead atoms. The molecule has 41 heavy (non-hydrogen) atoms. The first kappa shape index (κ1) is 31.2. The lowest BCUT2D eigenvalue weighted by Gasteiger charge is -2.20. The van der Waals surface area contributed by atoms with Crippen LogP contribution in [0.2, 0.25) is 0 Å². The van der Waals surface area contributed by atoms with Gasteiger partial charge in [0, 0.05) is 25.2 Å². The van der Waals surface area contributed by atoms with Crippen LogP contribution in [0.1, 0.15) is 50.5 Å². The molecule has 2 atom stereocenters. The van der Waals surface area contributed by atoms with Crippen LogP contribution in [0.4, 0.5) is 0 Å². The van der Waals surface area contributed by atoms with Crippen LogP contribution in [-0.2, 0) is 25.6 Å². The average Bonchev–Trinajstić information content (AvgIpc) is 2.98. The maximum absolute atomic E-state index is 13.0. The highest BCUT2D eigenvalue weighted by Gasteiger charge is 2.26. The van der Waals surface area contributed by atoms with Gasteiger partial charge in [0.15, 0.2) is 5.78 Å². The predicted molar refractivity (Wildman–Crippen MR) is 160 cm³/mol. The number of carboxylic acids is 1. The minimum Gasteiger partial charge on any atom is -0.481 e. The Kier molecular flexibility index (Phi) is 12.3. The fourth-order valence-corrected chi connectivity index (χ4v) is 4.71. The number of nitrogens with two attached hydrogens (primary N) is 2. The topological polar surface area (TPSA) is 153 Å². The quantitative estimate of drug-likeness (QED) is 0.179. The summed E-state index contributed by atoms with van der Waals surface area (Å²) in [6.45, 7) is 0.463. The van der Waals surface area contributed by atoms with Crippen molar-refractivity contribution in [2.75, 3.05) is 6.54 Å². The van der Waals surface area contributed by atoms with Crippen LogP contribution in [0.15, 0.2) is 78.9 Å². The molecule has 0 unspecified atom stereocenters. The van der Waals surface area contributed by atoms with E-state index in [2.05, 4.69) is 41.7 Å². The van der Waals surface area contributed by atoms with E-state index in [4.69, 9.17) is 16.6 Å². The van der Waals surface area contributed by atoms with Gasteiger partial charge in [0.05, 0.1) is 6.04 Å². The summed E-state index contributed by atoms with van der Waals surface area (Å²) < 4.78 is 0. The number of hydrogen-bond acceptors (Lipinski definition) is 5. The number of amides is 2. The number of primary amides is 1. The zero-order chi connectivity index (χ0) is 29.6. The Labute approximate surface area is 241 Å². The number of nitrogens with one attached hydrogen (secondary N) is 1. The van der Waals surface area contributed by atoms with Crippen molar-refractivity contribution < 1.29 is 24.3 Å². The van der Waals surface area contributed by atoms with Crippen molar-refractivity contribution in [3.63, 3.8) is 0 Å². The number of hydrogen-bond donors (Lipinski definition) is 4. The molecular formula is C33H39N3O5. The largest absolute Gasteiger partial charge is 0.481 e. The molecule has 0 fully saturated rings. The van der Waals surface area contributed by atoms with Gasteiger partial charge in [-0.05, 0) is 66.5 Å². The maximum Gasteiger partial charge on any atom is 0.303 e. The number of carbonyl (C=O) groups is 4. The standard InChI is InChI=1S/C33H39N3O5/c34-21-5-4-8-29(30(37)22-28(33(35)41)18-20-32(39)40)36-31(38)19-11-23-9-12-25(13-10-23)27-16-14-26(15-17-27)24-6-2-1-3-7-24/h1-3,6-7,9-10,12-17,28-29H,4-5,8,11,18-22,34H2,(H2,35,41)(H,36,38)(H,39,40)/t28-,29+/m1/s1. The summed E-state index contributed by atoms with van der Waals surface area (Å²) in [5, 5.41) is 11.7. The van der Waals surface area contributed by atoms with Gasteiger partial charge in [-0.25, -0.2) is 0 Å². The van der Waals surface area contributed by atoms with Gasteiger partial charge in [-0.15, -0.1) is 0 Å².